The summed E-state index contributed by atoms with van der Waals surface area (Å²) in [6, 6.07) is -0.965. The Morgan fingerprint density at radius 2 is 2.05 bits per heavy atom. The lowest BCUT2D eigenvalue weighted by Crippen LogP contribution is -2.49. The van der Waals surface area contributed by atoms with Gasteiger partial charge in [-0.15, -0.1) is 11.8 Å². The highest BCUT2D eigenvalue weighted by Crippen LogP contribution is 2.13. The highest BCUT2D eigenvalue weighted by molar-refractivity contribution is 8.00. The molecule has 0 bridgehead atoms. The third kappa shape index (κ3) is 5.38. The molecular weight excluding hydrogens is 284 g/mol. The van der Waals surface area contributed by atoms with E-state index >= 15 is 0 Å². The summed E-state index contributed by atoms with van der Waals surface area (Å²) in [5.74, 6) is -0.781. The van der Waals surface area contributed by atoms with Crippen molar-refractivity contribution in [3.8, 4) is 0 Å². The molecule has 1 heterocycles. The van der Waals surface area contributed by atoms with Gasteiger partial charge in [-0.3, -0.25) is 9.59 Å². The first kappa shape index (κ1) is 16.8. The van der Waals surface area contributed by atoms with Crippen LogP contribution in [-0.2, 0) is 19.1 Å². The molecule has 1 aliphatic rings. The largest absolute Gasteiger partial charge is 0.480 e. The first-order valence-corrected chi connectivity index (χ1v) is 7.53. The van der Waals surface area contributed by atoms with Crippen molar-refractivity contribution in [3.63, 3.8) is 0 Å². The molecule has 3 unspecified atom stereocenters. The SMILES string of the molecule is CC1CN(C(=O)CSCC(NC=O)C(=O)O)CC(C)O1. The Labute approximate surface area is 122 Å². The summed E-state index contributed by atoms with van der Waals surface area (Å²) in [6.45, 7) is 4.94. The molecule has 114 valence electrons. The number of carbonyl (C=O) groups is 3. The number of nitrogens with zero attached hydrogens (tertiary/aromatic N) is 1. The van der Waals surface area contributed by atoms with Gasteiger partial charge in [-0.1, -0.05) is 0 Å². The number of carboxylic acids is 1. The number of hydrogen-bond acceptors (Lipinski definition) is 5. The minimum atomic E-state index is -1.11. The molecular formula is C12H20N2O5S. The maximum atomic E-state index is 12.0. The Bertz CT molecular complexity index is 356. The van der Waals surface area contributed by atoms with Crippen molar-refractivity contribution >= 4 is 30.0 Å². The number of aliphatic carboxylic acids is 1. The molecule has 1 fully saturated rings. The highest BCUT2D eigenvalue weighted by Gasteiger charge is 2.26. The molecule has 20 heavy (non-hydrogen) atoms. The van der Waals surface area contributed by atoms with Crippen LogP contribution in [0.2, 0.25) is 0 Å². The van der Waals surface area contributed by atoms with Gasteiger partial charge >= 0.3 is 5.97 Å². The molecule has 0 spiro atoms. The van der Waals surface area contributed by atoms with Crippen LogP contribution in [0, 0.1) is 0 Å². The smallest absolute Gasteiger partial charge is 0.327 e. The fraction of sp³-hybridized carbons (Fsp3) is 0.750. The molecule has 2 N–H and O–H groups in total. The van der Waals surface area contributed by atoms with Crippen molar-refractivity contribution in [1.82, 2.24) is 10.2 Å². The van der Waals surface area contributed by atoms with E-state index < -0.39 is 12.0 Å². The summed E-state index contributed by atoms with van der Waals surface area (Å²) in [5, 5.41) is 11.0. The van der Waals surface area contributed by atoms with E-state index in [1.54, 1.807) is 4.90 Å². The summed E-state index contributed by atoms with van der Waals surface area (Å²) in [7, 11) is 0. The van der Waals surface area contributed by atoms with Gasteiger partial charge in [-0.25, -0.2) is 4.79 Å². The lowest BCUT2D eigenvalue weighted by atomic mass is 10.2. The molecule has 3 atom stereocenters. The van der Waals surface area contributed by atoms with Crippen LogP contribution in [0.3, 0.4) is 0 Å². The topological polar surface area (TPSA) is 95.9 Å². The third-order valence-corrected chi connectivity index (χ3v) is 3.87. The van der Waals surface area contributed by atoms with Crippen LogP contribution in [0.15, 0.2) is 0 Å². The Kier molecular flexibility index (Phi) is 6.80. The fourth-order valence-corrected chi connectivity index (χ4v) is 2.96. The van der Waals surface area contributed by atoms with Gasteiger partial charge in [-0.05, 0) is 13.8 Å². The highest BCUT2D eigenvalue weighted by atomic mass is 32.2. The van der Waals surface area contributed by atoms with Crippen LogP contribution >= 0.6 is 11.8 Å². The molecule has 0 saturated carbocycles. The van der Waals surface area contributed by atoms with E-state index in [2.05, 4.69) is 5.32 Å². The monoisotopic (exact) mass is 304 g/mol. The number of hydrogen-bond donors (Lipinski definition) is 2. The van der Waals surface area contributed by atoms with Crippen LogP contribution < -0.4 is 5.32 Å². The molecule has 0 radical (unpaired) electrons. The molecule has 0 aromatic carbocycles. The van der Waals surface area contributed by atoms with Gasteiger partial charge in [0.25, 0.3) is 0 Å². The number of nitrogens with one attached hydrogen (secondary N) is 1. The number of morpholine rings is 1. The Hall–Kier alpha value is -1.28. The summed E-state index contributed by atoms with van der Waals surface area (Å²) < 4.78 is 5.55. The number of amides is 2. The third-order valence-electron chi connectivity index (χ3n) is 2.85. The summed E-state index contributed by atoms with van der Waals surface area (Å²) in [4.78, 5) is 34.8. The number of carboxylic acid groups (broad SMARTS) is 1. The van der Waals surface area contributed by atoms with Crippen molar-refractivity contribution in [2.24, 2.45) is 0 Å². The zero-order valence-electron chi connectivity index (χ0n) is 11.6. The zero-order chi connectivity index (χ0) is 15.1. The average molecular weight is 304 g/mol. The number of rotatable bonds is 7. The van der Waals surface area contributed by atoms with E-state index in [-0.39, 0.29) is 29.6 Å². The number of ether oxygens (including phenoxy) is 1. The molecule has 0 aliphatic carbocycles. The number of thioether (sulfide) groups is 1. The quantitative estimate of drug-likeness (QED) is 0.619. The van der Waals surface area contributed by atoms with Gasteiger partial charge in [-0.2, -0.15) is 0 Å². The predicted molar refractivity (Wildman–Crippen MR) is 74.5 cm³/mol. The van der Waals surface area contributed by atoms with E-state index in [1.165, 1.54) is 11.8 Å². The van der Waals surface area contributed by atoms with Gasteiger partial charge in [0.2, 0.25) is 12.3 Å². The Morgan fingerprint density at radius 1 is 1.45 bits per heavy atom. The van der Waals surface area contributed by atoms with Crippen molar-refractivity contribution in [3.05, 3.63) is 0 Å². The first-order valence-electron chi connectivity index (χ1n) is 6.37. The maximum Gasteiger partial charge on any atom is 0.327 e. The van der Waals surface area contributed by atoms with E-state index in [0.29, 0.717) is 19.5 Å². The predicted octanol–water partition coefficient (Wildman–Crippen LogP) is -0.445. The van der Waals surface area contributed by atoms with Crippen molar-refractivity contribution < 1.29 is 24.2 Å². The molecule has 1 rings (SSSR count). The van der Waals surface area contributed by atoms with Crippen LogP contribution in [0.4, 0.5) is 0 Å². The van der Waals surface area contributed by atoms with E-state index in [9.17, 15) is 14.4 Å². The van der Waals surface area contributed by atoms with Crippen molar-refractivity contribution in [2.75, 3.05) is 24.6 Å². The van der Waals surface area contributed by atoms with E-state index in [4.69, 9.17) is 9.84 Å². The molecule has 2 amide bonds. The minimum Gasteiger partial charge on any atom is -0.480 e. The van der Waals surface area contributed by atoms with Crippen LogP contribution in [0.5, 0.6) is 0 Å². The van der Waals surface area contributed by atoms with Crippen molar-refractivity contribution in [1.29, 1.82) is 0 Å². The van der Waals surface area contributed by atoms with E-state index in [0.717, 1.165) is 0 Å². The van der Waals surface area contributed by atoms with E-state index in [1.807, 2.05) is 13.8 Å². The van der Waals surface area contributed by atoms with Gasteiger partial charge in [0.15, 0.2) is 0 Å². The minimum absolute atomic E-state index is 0.0104. The normalized spacial score (nSPS) is 24.0. The summed E-state index contributed by atoms with van der Waals surface area (Å²) in [6.07, 6.45) is 0.374. The van der Waals surface area contributed by atoms with Crippen LogP contribution in [0.1, 0.15) is 13.8 Å². The van der Waals surface area contributed by atoms with Gasteiger partial charge in [0.05, 0.1) is 18.0 Å². The van der Waals surface area contributed by atoms with Crippen LogP contribution in [-0.4, -0.2) is 71.1 Å². The van der Waals surface area contributed by atoms with Gasteiger partial charge in [0.1, 0.15) is 6.04 Å². The second-order valence-electron chi connectivity index (χ2n) is 4.75. The molecule has 8 heteroatoms. The molecule has 0 aromatic heterocycles. The molecule has 7 nitrogen and oxygen atoms in total. The second-order valence-corrected chi connectivity index (χ2v) is 5.78. The average Bonchev–Trinajstić information content (AvgIpc) is 2.36. The van der Waals surface area contributed by atoms with Crippen LogP contribution in [0.25, 0.3) is 0 Å². The van der Waals surface area contributed by atoms with Gasteiger partial charge in [0, 0.05) is 18.8 Å². The van der Waals surface area contributed by atoms with Gasteiger partial charge < -0.3 is 20.1 Å². The molecule has 1 saturated heterocycles. The fourth-order valence-electron chi connectivity index (χ4n) is 2.01. The Balaban J connectivity index is 2.35. The molecule has 1 aliphatic heterocycles. The first-order chi connectivity index (χ1) is 9.43. The summed E-state index contributed by atoms with van der Waals surface area (Å²) in [5.41, 5.74) is 0. The second kappa shape index (κ2) is 8.11. The number of carbonyl (C=O) groups excluding carboxylic acids is 2. The lowest BCUT2D eigenvalue weighted by Gasteiger charge is -2.35. The maximum absolute atomic E-state index is 12.0. The zero-order valence-corrected chi connectivity index (χ0v) is 12.4. The Morgan fingerprint density at radius 3 is 2.55 bits per heavy atom. The van der Waals surface area contributed by atoms with Crippen molar-refractivity contribution in [2.45, 2.75) is 32.1 Å². The lowest BCUT2D eigenvalue weighted by molar-refractivity contribution is -0.140. The molecule has 0 aromatic rings. The summed E-state index contributed by atoms with van der Waals surface area (Å²) >= 11 is 1.20. The standard InChI is InChI=1S/C12H20N2O5S/c1-8-3-14(4-9(2)19-8)11(16)6-20-5-10(12(17)18)13-7-15/h7-10H,3-6H2,1-2H3,(H,13,15)(H,17,18).